The molecule has 0 atom stereocenters. The van der Waals surface area contributed by atoms with Gasteiger partial charge in [0.1, 0.15) is 0 Å². The number of carboxylic acid groups (broad SMARTS) is 1. The van der Waals surface area contributed by atoms with Gasteiger partial charge in [0.2, 0.25) is 0 Å². The number of aromatic nitrogens is 1. The minimum atomic E-state index is -0.951. The lowest BCUT2D eigenvalue weighted by molar-refractivity contribution is 0.0699. The number of para-hydroxylation sites is 1. The van der Waals surface area contributed by atoms with Gasteiger partial charge in [0, 0.05) is 23.2 Å². The van der Waals surface area contributed by atoms with Crippen molar-refractivity contribution in [3.05, 3.63) is 64.8 Å². The number of nitrogens with two attached hydrogens (primary N) is 1. The molecule has 0 aliphatic rings. The predicted octanol–water partition coefficient (Wildman–Crippen LogP) is 3.44. The van der Waals surface area contributed by atoms with Crippen LogP contribution in [0.1, 0.15) is 15.9 Å². The third-order valence-electron chi connectivity index (χ3n) is 3.46. The third kappa shape index (κ3) is 2.28. The van der Waals surface area contributed by atoms with E-state index < -0.39 is 5.97 Å². The molecule has 0 aliphatic heterocycles. The van der Waals surface area contributed by atoms with Gasteiger partial charge in [-0.1, -0.05) is 29.8 Å². The van der Waals surface area contributed by atoms with Gasteiger partial charge >= 0.3 is 5.97 Å². The average molecular weight is 301 g/mol. The third-order valence-corrected chi connectivity index (χ3v) is 3.70. The minimum absolute atomic E-state index is 0.267. The van der Waals surface area contributed by atoms with E-state index in [1.807, 2.05) is 28.8 Å². The summed E-state index contributed by atoms with van der Waals surface area (Å²) in [6, 6.07) is 12.8. The van der Waals surface area contributed by atoms with Gasteiger partial charge in [0.05, 0.1) is 16.8 Å². The van der Waals surface area contributed by atoms with Gasteiger partial charge in [-0.2, -0.15) is 0 Å². The Hall–Kier alpha value is -2.30. The molecule has 3 N–H and O–H groups in total. The molecule has 1 aromatic heterocycles. The van der Waals surface area contributed by atoms with Crippen LogP contribution in [0.25, 0.3) is 16.6 Å². The summed E-state index contributed by atoms with van der Waals surface area (Å²) in [6.45, 7) is 0.324. The van der Waals surface area contributed by atoms with Crippen molar-refractivity contribution < 1.29 is 9.90 Å². The molecule has 5 heteroatoms. The minimum Gasteiger partial charge on any atom is -0.478 e. The molecule has 3 aromatic rings. The molecule has 0 fully saturated rings. The molecular weight excluding hydrogens is 288 g/mol. The van der Waals surface area contributed by atoms with Gasteiger partial charge in [0.15, 0.2) is 0 Å². The van der Waals surface area contributed by atoms with Gasteiger partial charge in [0.25, 0.3) is 0 Å². The number of carboxylic acids is 1. The van der Waals surface area contributed by atoms with Crippen LogP contribution in [-0.4, -0.2) is 15.6 Å². The Balaban J connectivity index is 2.33. The highest BCUT2D eigenvalue weighted by Crippen LogP contribution is 2.28. The summed E-state index contributed by atoms with van der Waals surface area (Å²) >= 11 is 6.00. The van der Waals surface area contributed by atoms with Crippen LogP contribution in [0.5, 0.6) is 0 Å². The predicted molar refractivity (Wildman–Crippen MR) is 83.1 cm³/mol. The number of fused-ring (bicyclic) bond motifs is 1. The Morgan fingerprint density at radius 3 is 2.71 bits per heavy atom. The summed E-state index contributed by atoms with van der Waals surface area (Å²) in [7, 11) is 0. The quantitative estimate of drug-likeness (QED) is 0.778. The highest BCUT2D eigenvalue weighted by atomic mass is 35.5. The first kappa shape index (κ1) is 13.7. The number of benzene rings is 2. The van der Waals surface area contributed by atoms with E-state index in [1.165, 1.54) is 0 Å². The van der Waals surface area contributed by atoms with Crippen molar-refractivity contribution in [3.8, 4) is 5.69 Å². The molecule has 0 saturated carbocycles. The van der Waals surface area contributed by atoms with E-state index in [2.05, 4.69) is 0 Å². The summed E-state index contributed by atoms with van der Waals surface area (Å²) in [5.74, 6) is -0.951. The molecule has 0 bridgehead atoms. The number of aromatic carboxylic acids is 1. The van der Waals surface area contributed by atoms with Crippen molar-refractivity contribution in [2.45, 2.75) is 6.54 Å². The molecule has 4 nitrogen and oxygen atoms in total. The molecule has 0 aliphatic carbocycles. The van der Waals surface area contributed by atoms with Crippen LogP contribution in [0, 0.1) is 0 Å². The molecule has 0 spiro atoms. The zero-order chi connectivity index (χ0) is 15.0. The fraction of sp³-hybridized carbons (Fsp3) is 0.0625. The summed E-state index contributed by atoms with van der Waals surface area (Å²) in [5, 5.41) is 10.7. The standard InChI is InChI=1S/C16H13ClN2O2/c17-11-5-6-14(10(7-11)8-18)19-9-13(16(20)21)12-3-1-2-4-15(12)19/h1-7,9H,8,18H2,(H,20,21). The lowest BCUT2D eigenvalue weighted by Gasteiger charge is -2.11. The first-order valence-electron chi connectivity index (χ1n) is 6.44. The Labute approximate surface area is 126 Å². The summed E-state index contributed by atoms with van der Waals surface area (Å²) < 4.78 is 1.84. The molecule has 1 heterocycles. The SMILES string of the molecule is NCc1cc(Cl)ccc1-n1cc(C(=O)O)c2ccccc21. The van der Waals surface area contributed by atoms with E-state index >= 15 is 0 Å². The highest BCUT2D eigenvalue weighted by molar-refractivity contribution is 6.30. The largest absolute Gasteiger partial charge is 0.478 e. The van der Waals surface area contributed by atoms with Crippen LogP contribution in [0.15, 0.2) is 48.7 Å². The Morgan fingerprint density at radius 2 is 2.00 bits per heavy atom. The van der Waals surface area contributed by atoms with Crippen LogP contribution in [0.4, 0.5) is 0 Å². The number of hydrogen-bond donors (Lipinski definition) is 2. The zero-order valence-corrected chi connectivity index (χ0v) is 11.8. The maximum absolute atomic E-state index is 11.4. The summed E-state index contributed by atoms with van der Waals surface area (Å²) in [5.41, 5.74) is 8.57. The van der Waals surface area contributed by atoms with Gasteiger partial charge in [-0.25, -0.2) is 4.79 Å². The highest BCUT2D eigenvalue weighted by Gasteiger charge is 2.16. The van der Waals surface area contributed by atoms with E-state index in [9.17, 15) is 9.90 Å². The maximum Gasteiger partial charge on any atom is 0.337 e. The molecular formula is C16H13ClN2O2. The van der Waals surface area contributed by atoms with Gasteiger partial charge in [-0.15, -0.1) is 0 Å². The van der Waals surface area contributed by atoms with E-state index in [0.29, 0.717) is 17.0 Å². The normalized spacial score (nSPS) is 11.0. The van der Waals surface area contributed by atoms with Crippen LogP contribution >= 0.6 is 11.6 Å². The van der Waals surface area contributed by atoms with Crippen molar-refractivity contribution in [1.29, 1.82) is 0 Å². The molecule has 0 unspecified atom stereocenters. The zero-order valence-electron chi connectivity index (χ0n) is 11.1. The smallest absolute Gasteiger partial charge is 0.337 e. The number of carbonyl (C=O) groups is 1. The van der Waals surface area contributed by atoms with E-state index in [-0.39, 0.29) is 5.56 Å². The van der Waals surface area contributed by atoms with E-state index in [1.54, 1.807) is 24.4 Å². The molecule has 0 saturated heterocycles. The van der Waals surface area contributed by atoms with Crippen LogP contribution < -0.4 is 5.73 Å². The molecule has 21 heavy (non-hydrogen) atoms. The molecule has 106 valence electrons. The van der Waals surface area contributed by atoms with Gasteiger partial charge < -0.3 is 15.4 Å². The second kappa shape index (κ2) is 5.24. The van der Waals surface area contributed by atoms with E-state index in [0.717, 1.165) is 16.8 Å². The average Bonchev–Trinajstić information content (AvgIpc) is 2.87. The molecule has 3 rings (SSSR count). The lowest BCUT2D eigenvalue weighted by atomic mass is 10.1. The van der Waals surface area contributed by atoms with Crippen molar-refractivity contribution in [1.82, 2.24) is 4.57 Å². The summed E-state index contributed by atoms with van der Waals surface area (Å²) in [6.07, 6.45) is 1.62. The monoisotopic (exact) mass is 300 g/mol. The number of hydrogen-bond acceptors (Lipinski definition) is 2. The fourth-order valence-corrected chi connectivity index (χ4v) is 2.70. The molecule has 2 aromatic carbocycles. The second-order valence-corrected chi connectivity index (χ2v) is 5.15. The first-order chi connectivity index (χ1) is 10.1. The summed E-state index contributed by atoms with van der Waals surface area (Å²) in [4.78, 5) is 11.4. The Kier molecular flexibility index (Phi) is 3.41. The first-order valence-corrected chi connectivity index (χ1v) is 6.82. The number of halogens is 1. The van der Waals surface area contributed by atoms with Gasteiger partial charge in [-0.3, -0.25) is 0 Å². The van der Waals surface area contributed by atoms with Crippen molar-refractivity contribution in [2.24, 2.45) is 5.73 Å². The van der Waals surface area contributed by atoms with Crippen molar-refractivity contribution in [2.75, 3.05) is 0 Å². The van der Waals surface area contributed by atoms with Crippen LogP contribution in [-0.2, 0) is 6.54 Å². The van der Waals surface area contributed by atoms with Crippen LogP contribution in [0.3, 0.4) is 0 Å². The van der Waals surface area contributed by atoms with Gasteiger partial charge in [-0.05, 0) is 29.8 Å². The topological polar surface area (TPSA) is 68.2 Å². The second-order valence-electron chi connectivity index (χ2n) is 4.71. The molecule has 0 radical (unpaired) electrons. The van der Waals surface area contributed by atoms with Crippen LogP contribution in [0.2, 0.25) is 5.02 Å². The number of nitrogens with zero attached hydrogens (tertiary/aromatic N) is 1. The van der Waals surface area contributed by atoms with Crippen molar-refractivity contribution in [3.63, 3.8) is 0 Å². The van der Waals surface area contributed by atoms with E-state index in [4.69, 9.17) is 17.3 Å². The lowest BCUT2D eigenvalue weighted by Crippen LogP contribution is -2.04. The Morgan fingerprint density at radius 1 is 1.24 bits per heavy atom. The van der Waals surface area contributed by atoms with Crippen molar-refractivity contribution >= 4 is 28.5 Å². The fourth-order valence-electron chi connectivity index (χ4n) is 2.50. The Bertz CT molecular complexity index is 839. The molecule has 0 amide bonds. The number of rotatable bonds is 3. The maximum atomic E-state index is 11.4.